The Bertz CT molecular complexity index is 1140. The lowest BCUT2D eigenvalue weighted by molar-refractivity contribution is -0.114. The largest absolute Gasteiger partial charge is 0.355 e. The van der Waals surface area contributed by atoms with Crippen LogP contribution in [0.3, 0.4) is 0 Å². The van der Waals surface area contributed by atoms with Crippen molar-refractivity contribution < 1.29 is 9.18 Å². The van der Waals surface area contributed by atoms with Crippen molar-refractivity contribution in [3.8, 4) is 21.7 Å². The average Bonchev–Trinajstić information content (AvgIpc) is 3.17. The zero-order chi connectivity index (χ0) is 20.2. The maximum atomic E-state index is 13.2. The molecular weight excluding hydrogens is 387 g/mol. The molecule has 2 N–H and O–H groups in total. The monoisotopic (exact) mass is 404 g/mol. The van der Waals surface area contributed by atoms with Gasteiger partial charge in [-0.2, -0.15) is 0 Å². The molecule has 0 saturated carbocycles. The summed E-state index contributed by atoms with van der Waals surface area (Å²) in [7, 11) is 0. The number of hydrogen-bond acceptors (Lipinski definition) is 5. The molecule has 0 unspecified atom stereocenters. The fourth-order valence-electron chi connectivity index (χ4n) is 2.87. The molecule has 5 nitrogen and oxygen atoms in total. The van der Waals surface area contributed by atoms with Crippen LogP contribution in [0, 0.1) is 5.82 Å². The van der Waals surface area contributed by atoms with Gasteiger partial charge in [-0.3, -0.25) is 4.79 Å². The second-order valence-corrected chi connectivity index (χ2v) is 7.33. The highest BCUT2D eigenvalue weighted by atomic mass is 32.1. The molecule has 0 radical (unpaired) electrons. The fraction of sp³-hybridized carbons (Fsp3) is 0.0455. The van der Waals surface area contributed by atoms with Gasteiger partial charge in [-0.15, -0.1) is 10.2 Å². The van der Waals surface area contributed by atoms with Gasteiger partial charge in [0, 0.05) is 29.4 Å². The number of hydrogen-bond donors (Lipinski definition) is 2. The van der Waals surface area contributed by atoms with E-state index in [0.29, 0.717) is 5.13 Å². The zero-order valence-electron chi connectivity index (χ0n) is 15.5. The lowest BCUT2D eigenvalue weighted by Crippen LogP contribution is -2.04. The number of nitrogens with zero attached hydrogens (tertiary/aromatic N) is 2. The van der Waals surface area contributed by atoms with Gasteiger partial charge in [0.25, 0.3) is 0 Å². The number of benzene rings is 3. The van der Waals surface area contributed by atoms with Gasteiger partial charge >= 0.3 is 0 Å². The lowest BCUT2D eigenvalue weighted by atomic mass is 10.0. The smallest absolute Gasteiger partial charge is 0.223 e. The van der Waals surface area contributed by atoms with Crippen LogP contribution in [0.1, 0.15) is 6.92 Å². The molecule has 0 spiro atoms. The molecule has 0 atom stereocenters. The number of rotatable bonds is 5. The zero-order valence-corrected chi connectivity index (χ0v) is 16.3. The van der Waals surface area contributed by atoms with Crippen LogP contribution in [0.25, 0.3) is 21.7 Å². The number of nitrogens with one attached hydrogen (secondary N) is 2. The van der Waals surface area contributed by atoms with Crippen LogP contribution in [-0.4, -0.2) is 16.1 Å². The molecule has 144 valence electrons. The normalized spacial score (nSPS) is 10.6. The summed E-state index contributed by atoms with van der Waals surface area (Å²) in [6, 6.07) is 22.1. The van der Waals surface area contributed by atoms with Crippen molar-refractivity contribution in [2.45, 2.75) is 6.92 Å². The van der Waals surface area contributed by atoms with Gasteiger partial charge in [0.05, 0.1) is 0 Å². The number of halogens is 1. The molecule has 1 aromatic heterocycles. The summed E-state index contributed by atoms with van der Waals surface area (Å²) < 4.78 is 13.2. The number of anilines is 3. The third-order valence-corrected chi connectivity index (χ3v) is 5.09. The Morgan fingerprint density at radius 3 is 2.31 bits per heavy atom. The first-order valence-electron chi connectivity index (χ1n) is 8.92. The van der Waals surface area contributed by atoms with Crippen molar-refractivity contribution in [1.82, 2.24) is 10.2 Å². The molecule has 0 saturated heterocycles. The Kier molecular flexibility index (Phi) is 5.31. The molecule has 29 heavy (non-hydrogen) atoms. The molecule has 3 aromatic carbocycles. The van der Waals surface area contributed by atoms with Crippen LogP contribution >= 0.6 is 11.3 Å². The van der Waals surface area contributed by atoms with Gasteiger partial charge in [0.2, 0.25) is 11.0 Å². The van der Waals surface area contributed by atoms with Gasteiger partial charge in [-0.1, -0.05) is 41.7 Å². The summed E-state index contributed by atoms with van der Waals surface area (Å²) in [5.41, 5.74) is 4.67. The molecule has 7 heteroatoms. The van der Waals surface area contributed by atoms with Crippen LogP contribution in [0.15, 0.2) is 72.8 Å². The molecule has 0 aliphatic rings. The van der Waals surface area contributed by atoms with E-state index < -0.39 is 0 Å². The highest BCUT2D eigenvalue weighted by Crippen LogP contribution is 2.32. The molecule has 1 amide bonds. The SMILES string of the molecule is CC(=O)Nc1nnc(-c2ccc(Nc3ccccc3-c3ccc(F)cc3)cc2)s1. The first-order valence-corrected chi connectivity index (χ1v) is 9.74. The van der Waals surface area contributed by atoms with Gasteiger partial charge in [-0.05, 0) is 48.0 Å². The second-order valence-electron chi connectivity index (χ2n) is 6.35. The van der Waals surface area contributed by atoms with E-state index in [1.807, 2.05) is 48.5 Å². The van der Waals surface area contributed by atoms with Crippen molar-refractivity contribution in [3.63, 3.8) is 0 Å². The van der Waals surface area contributed by atoms with Gasteiger partial charge in [0.1, 0.15) is 10.8 Å². The number of carbonyl (C=O) groups is 1. The van der Waals surface area contributed by atoms with Crippen LogP contribution in [0.5, 0.6) is 0 Å². The summed E-state index contributed by atoms with van der Waals surface area (Å²) in [5.74, 6) is -0.430. The highest BCUT2D eigenvalue weighted by Gasteiger charge is 2.09. The summed E-state index contributed by atoms with van der Waals surface area (Å²) in [4.78, 5) is 11.1. The van der Waals surface area contributed by atoms with Crippen molar-refractivity contribution in [1.29, 1.82) is 0 Å². The number of carbonyl (C=O) groups excluding carboxylic acids is 1. The van der Waals surface area contributed by atoms with Gasteiger partial charge < -0.3 is 10.6 Å². The Hall–Kier alpha value is -3.58. The number of aromatic nitrogens is 2. The third kappa shape index (κ3) is 4.47. The third-order valence-electron chi connectivity index (χ3n) is 4.20. The van der Waals surface area contributed by atoms with E-state index in [1.54, 1.807) is 12.1 Å². The molecule has 1 heterocycles. The number of para-hydroxylation sites is 1. The molecule has 4 aromatic rings. The Morgan fingerprint density at radius 2 is 1.59 bits per heavy atom. The van der Waals surface area contributed by atoms with Gasteiger partial charge in [-0.25, -0.2) is 4.39 Å². The molecule has 0 aliphatic heterocycles. The van der Waals surface area contributed by atoms with E-state index in [0.717, 1.165) is 33.1 Å². The first-order chi connectivity index (χ1) is 14.1. The minimum absolute atomic E-state index is 0.174. The summed E-state index contributed by atoms with van der Waals surface area (Å²) >= 11 is 1.32. The fourth-order valence-corrected chi connectivity index (χ4v) is 3.66. The van der Waals surface area contributed by atoms with Crippen molar-refractivity contribution >= 4 is 33.8 Å². The molecule has 4 rings (SSSR count). The van der Waals surface area contributed by atoms with E-state index in [2.05, 4.69) is 20.8 Å². The summed E-state index contributed by atoms with van der Waals surface area (Å²) in [6.45, 7) is 1.44. The molecular formula is C22H17FN4OS. The van der Waals surface area contributed by atoms with Gasteiger partial charge in [0.15, 0.2) is 0 Å². The quantitative estimate of drug-likeness (QED) is 0.447. The minimum Gasteiger partial charge on any atom is -0.355 e. The van der Waals surface area contributed by atoms with E-state index in [-0.39, 0.29) is 11.7 Å². The maximum absolute atomic E-state index is 13.2. The second kappa shape index (κ2) is 8.20. The van der Waals surface area contributed by atoms with Crippen LogP contribution in [0.4, 0.5) is 20.9 Å². The standard InChI is InChI=1S/C22H17FN4OS/c1-14(28)24-22-27-26-21(29-22)16-8-12-18(13-9-16)25-20-5-3-2-4-19(20)15-6-10-17(23)11-7-15/h2-13,25H,1H3,(H,24,27,28). The minimum atomic E-state index is -0.256. The average molecular weight is 404 g/mol. The summed E-state index contributed by atoms with van der Waals surface area (Å²) in [5, 5.41) is 15.3. The van der Waals surface area contributed by atoms with Crippen molar-refractivity contribution in [2.24, 2.45) is 0 Å². The Morgan fingerprint density at radius 1 is 0.897 bits per heavy atom. The Labute approximate surface area is 171 Å². The molecule has 0 fully saturated rings. The van der Waals surface area contributed by atoms with Crippen LogP contribution < -0.4 is 10.6 Å². The summed E-state index contributed by atoms with van der Waals surface area (Å²) in [6.07, 6.45) is 0. The van der Waals surface area contributed by atoms with Crippen molar-refractivity contribution in [2.75, 3.05) is 10.6 Å². The predicted molar refractivity (Wildman–Crippen MR) is 115 cm³/mol. The predicted octanol–water partition coefficient (Wildman–Crippen LogP) is 5.71. The van der Waals surface area contributed by atoms with E-state index in [9.17, 15) is 9.18 Å². The van der Waals surface area contributed by atoms with Crippen molar-refractivity contribution in [3.05, 3.63) is 78.6 Å². The van der Waals surface area contributed by atoms with E-state index >= 15 is 0 Å². The van der Waals surface area contributed by atoms with Crippen LogP contribution in [0.2, 0.25) is 0 Å². The Balaban J connectivity index is 1.55. The lowest BCUT2D eigenvalue weighted by Gasteiger charge is -2.12. The maximum Gasteiger partial charge on any atom is 0.223 e. The van der Waals surface area contributed by atoms with Crippen LogP contribution in [-0.2, 0) is 4.79 Å². The molecule has 0 bridgehead atoms. The number of amides is 1. The molecule has 0 aliphatic carbocycles. The highest BCUT2D eigenvalue weighted by molar-refractivity contribution is 7.18. The van der Waals surface area contributed by atoms with E-state index in [4.69, 9.17) is 0 Å². The topological polar surface area (TPSA) is 66.9 Å². The van der Waals surface area contributed by atoms with E-state index in [1.165, 1.54) is 30.4 Å². The first kappa shape index (κ1) is 18.8.